The van der Waals surface area contributed by atoms with E-state index in [-0.39, 0.29) is 47.1 Å². The van der Waals surface area contributed by atoms with E-state index in [1.165, 1.54) is 19.0 Å². The van der Waals surface area contributed by atoms with Crippen molar-refractivity contribution in [2.75, 3.05) is 0 Å². The Balaban J connectivity index is 1.48. The summed E-state index contributed by atoms with van der Waals surface area (Å²) in [7, 11) is 0. The predicted molar refractivity (Wildman–Crippen MR) is 114 cm³/mol. The molecule has 5 nitrogen and oxygen atoms in total. The van der Waals surface area contributed by atoms with Crippen molar-refractivity contribution < 1.29 is 18.0 Å². The average molecular weight is 448 g/mol. The van der Waals surface area contributed by atoms with Gasteiger partial charge in [0, 0.05) is 23.9 Å². The van der Waals surface area contributed by atoms with Gasteiger partial charge >= 0.3 is 6.18 Å². The second-order valence-corrected chi connectivity index (χ2v) is 10.2. The zero-order valence-corrected chi connectivity index (χ0v) is 17.9. The number of carbonyl (C=O) groups is 1. The zero-order chi connectivity index (χ0) is 22.7. The molecular weight excluding hydrogens is 419 g/mol. The van der Waals surface area contributed by atoms with Crippen molar-refractivity contribution >= 4 is 16.8 Å². The van der Waals surface area contributed by atoms with Crippen LogP contribution in [0.1, 0.15) is 79.9 Å². The molecule has 5 rings (SSSR count). The van der Waals surface area contributed by atoms with Crippen molar-refractivity contribution in [2.45, 2.75) is 69.9 Å². The highest BCUT2D eigenvalue weighted by Gasteiger charge is 2.51. The summed E-state index contributed by atoms with van der Waals surface area (Å²) >= 11 is 0. The molecule has 3 aliphatic rings. The molecule has 2 aromatic rings. The van der Waals surface area contributed by atoms with E-state index in [4.69, 9.17) is 5.73 Å². The summed E-state index contributed by atoms with van der Waals surface area (Å²) in [6, 6.07) is 3.24. The zero-order valence-electron chi connectivity index (χ0n) is 17.9. The molecule has 172 valence electrons. The van der Waals surface area contributed by atoms with Gasteiger partial charge in [-0.2, -0.15) is 13.2 Å². The Morgan fingerprint density at radius 3 is 2.47 bits per heavy atom. The van der Waals surface area contributed by atoms with Crippen LogP contribution in [0.25, 0.3) is 10.9 Å². The van der Waals surface area contributed by atoms with Gasteiger partial charge in [0.15, 0.2) is 5.43 Å². The molecule has 2 heterocycles. The average Bonchev–Trinajstić information content (AvgIpc) is 3.51. The molecule has 3 aliphatic carbocycles. The molecule has 8 heteroatoms. The number of nitrogens with zero attached hydrogens (tertiary/aromatic N) is 1. The standard InChI is InChI=1S/C24H28F3N3O2/c25-24(26,27)14-3-1-13(2-4-14)15-5-7-23(8-9-23)12-16(15)18-11-19(31)20-17(30-18)6-10-29-21(20)22(28)32/h6,10-11,13-16H,1-5,7-9,12H2,(H2,28,32)(H,30,31)/t13?,14?,15-,16+/m1/s1. The lowest BCUT2D eigenvalue weighted by molar-refractivity contribution is -0.185. The third-order valence-corrected chi connectivity index (χ3v) is 8.37. The Kier molecular flexibility index (Phi) is 5.09. The molecule has 2 aromatic heterocycles. The highest BCUT2D eigenvalue weighted by molar-refractivity contribution is 6.03. The number of H-pyrrole nitrogens is 1. The summed E-state index contributed by atoms with van der Waals surface area (Å²) in [5, 5.41) is 0.197. The van der Waals surface area contributed by atoms with Crippen LogP contribution in [0.2, 0.25) is 0 Å². The Hall–Kier alpha value is -2.38. The summed E-state index contributed by atoms with van der Waals surface area (Å²) < 4.78 is 39.5. The number of nitrogens with one attached hydrogen (secondary N) is 1. The minimum Gasteiger partial charge on any atom is -0.364 e. The van der Waals surface area contributed by atoms with Crippen LogP contribution in [0.4, 0.5) is 13.2 Å². The molecule has 1 spiro atoms. The number of hydrogen-bond acceptors (Lipinski definition) is 3. The van der Waals surface area contributed by atoms with Gasteiger partial charge in [-0.25, -0.2) is 0 Å². The van der Waals surface area contributed by atoms with Crippen LogP contribution in [0.5, 0.6) is 0 Å². The maximum absolute atomic E-state index is 13.2. The maximum Gasteiger partial charge on any atom is 0.391 e. The number of primary amides is 1. The van der Waals surface area contributed by atoms with E-state index in [2.05, 4.69) is 9.97 Å². The van der Waals surface area contributed by atoms with Crippen molar-refractivity contribution in [3.63, 3.8) is 0 Å². The van der Waals surface area contributed by atoms with Crippen LogP contribution < -0.4 is 11.2 Å². The molecule has 0 aliphatic heterocycles. The summed E-state index contributed by atoms with van der Waals surface area (Å²) in [6.45, 7) is 0. The lowest BCUT2D eigenvalue weighted by atomic mass is 9.62. The Morgan fingerprint density at radius 2 is 1.84 bits per heavy atom. The van der Waals surface area contributed by atoms with Gasteiger partial charge in [0.1, 0.15) is 5.69 Å². The van der Waals surface area contributed by atoms with Crippen molar-refractivity contribution in [3.8, 4) is 0 Å². The van der Waals surface area contributed by atoms with Crippen LogP contribution in [0.3, 0.4) is 0 Å². The van der Waals surface area contributed by atoms with Crippen LogP contribution in [-0.2, 0) is 0 Å². The number of carbonyl (C=O) groups excluding carboxylic acids is 1. The van der Waals surface area contributed by atoms with E-state index in [0.717, 1.165) is 25.0 Å². The monoisotopic (exact) mass is 447 g/mol. The third kappa shape index (κ3) is 3.82. The molecule has 32 heavy (non-hydrogen) atoms. The number of rotatable bonds is 3. The normalized spacial score (nSPS) is 29.8. The lowest BCUT2D eigenvalue weighted by Gasteiger charge is -2.43. The van der Waals surface area contributed by atoms with Crippen molar-refractivity contribution in [3.05, 3.63) is 39.9 Å². The highest BCUT2D eigenvalue weighted by Crippen LogP contribution is 2.62. The lowest BCUT2D eigenvalue weighted by Crippen LogP contribution is -2.35. The van der Waals surface area contributed by atoms with Crippen LogP contribution in [-0.4, -0.2) is 22.1 Å². The first-order valence-electron chi connectivity index (χ1n) is 11.6. The number of hydrogen-bond donors (Lipinski definition) is 2. The fraction of sp³-hybridized carbons (Fsp3) is 0.625. The van der Waals surface area contributed by atoms with Gasteiger partial charge in [-0.3, -0.25) is 14.6 Å². The molecule has 3 fully saturated rings. The topological polar surface area (TPSA) is 88.8 Å². The van der Waals surface area contributed by atoms with Gasteiger partial charge in [-0.15, -0.1) is 0 Å². The van der Waals surface area contributed by atoms with Gasteiger partial charge in [-0.1, -0.05) is 0 Å². The SMILES string of the molecule is NC(=O)c1nccc2[nH]c([C@H]3CC4(CC[C@@H]3C3CCC(C(F)(F)F)CC3)CC4)cc(=O)c12. The molecule has 0 unspecified atom stereocenters. The van der Waals surface area contributed by atoms with Crippen LogP contribution in [0, 0.1) is 23.2 Å². The maximum atomic E-state index is 13.2. The number of nitrogens with two attached hydrogens (primary N) is 1. The summed E-state index contributed by atoms with van der Waals surface area (Å²) in [5.41, 5.74) is 6.76. The van der Waals surface area contributed by atoms with Crippen molar-refractivity contribution in [1.29, 1.82) is 0 Å². The van der Waals surface area contributed by atoms with Gasteiger partial charge in [0.05, 0.1) is 16.8 Å². The second kappa shape index (κ2) is 7.59. The van der Waals surface area contributed by atoms with Crippen molar-refractivity contribution in [2.24, 2.45) is 28.9 Å². The number of amides is 1. The molecule has 3 saturated carbocycles. The molecule has 1 amide bonds. The minimum absolute atomic E-state index is 0.0420. The second-order valence-electron chi connectivity index (χ2n) is 10.2. The number of fused-ring (bicyclic) bond motifs is 1. The Bertz CT molecular complexity index is 1100. The van der Waals surface area contributed by atoms with E-state index in [1.54, 1.807) is 12.1 Å². The van der Waals surface area contributed by atoms with Gasteiger partial charge in [0.2, 0.25) is 0 Å². The molecule has 2 atom stereocenters. The largest absolute Gasteiger partial charge is 0.391 e. The van der Waals surface area contributed by atoms with E-state index in [9.17, 15) is 22.8 Å². The molecule has 0 radical (unpaired) electrons. The number of halogens is 3. The molecule has 3 N–H and O–H groups in total. The first-order chi connectivity index (χ1) is 15.2. The fourth-order valence-corrected chi connectivity index (χ4v) is 6.41. The van der Waals surface area contributed by atoms with E-state index in [1.807, 2.05) is 0 Å². The van der Waals surface area contributed by atoms with Gasteiger partial charge < -0.3 is 10.7 Å². The number of aromatic amines is 1. The van der Waals surface area contributed by atoms with Crippen LogP contribution in [0.15, 0.2) is 23.1 Å². The summed E-state index contributed by atoms with van der Waals surface area (Å²) in [4.78, 5) is 32.1. The predicted octanol–water partition coefficient (Wildman–Crippen LogP) is 5.05. The number of pyridine rings is 2. The molecule has 0 aromatic carbocycles. The number of alkyl halides is 3. The fourth-order valence-electron chi connectivity index (χ4n) is 6.41. The first kappa shape index (κ1) is 21.5. The van der Waals surface area contributed by atoms with E-state index in [0.29, 0.717) is 23.8 Å². The first-order valence-corrected chi connectivity index (χ1v) is 11.6. The summed E-state index contributed by atoms with van der Waals surface area (Å²) in [5.74, 6) is -1.31. The summed E-state index contributed by atoms with van der Waals surface area (Å²) in [6.07, 6.45) is 4.38. The Labute approximate surface area is 184 Å². The molecule has 0 bridgehead atoms. The van der Waals surface area contributed by atoms with Crippen molar-refractivity contribution in [1.82, 2.24) is 9.97 Å². The van der Waals surface area contributed by atoms with Crippen LogP contribution >= 0.6 is 0 Å². The molecule has 0 saturated heterocycles. The highest BCUT2D eigenvalue weighted by atomic mass is 19.4. The smallest absolute Gasteiger partial charge is 0.364 e. The molecular formula is C24H28F3N3O2. The third-order valence-electron chi connectivity index (χ3n) is 8.37. The minimum atomic E-state index is -4.11. The van der Waals surface area contributed by atoms with E-state index < -0.39 is 18.0 Å². The Morgan fingerprint density at radius 1 is 1.12 bits per heavy atom. The quantitative estimate of drug-likeness (QED) is 0.690. The van der Waals surface area contributed by atoms with E-state index >= 15 is 0 Å². The van der Waals surface area contributed by atoms with Gasteiger partial charge in [-0.05, 0) is 81.1 Å². The van der Waals surface area contributed by atoms with Gasteiger partial charge in [0.25, 0.3) is 5.91 Å². The number of aromatic nitrogens is 2.